The Balaban J connectivity index is 1.28. The molecule has 192 valence electrons. The SMILES string of the molecule is NC(=O)OC(=O)C1CCN(C(c2cc3ncncc3s2)N2CCOC(c3cccc4[nH]ncc34)C2)CC1. The van der Waals surface area contributed by atoms with Crippen molar-refractivity contribution in [2.75, 3.05) is 32.8 Å². The summed E-state index contributed by atoms with van der Waals surface area (Å²) in [7, 11) is 0. The number of morpholine rings is 1. The van der Waals surface area contributed by atoms with Crippen LogP contribution in [0.3, 0.4) is 0 Å². The second kappa shape index (κ2) is 10.1. The van der Waals surface area contributed by atoms with Crippen LogP contribution in [0.1, 0.15) is 35.6 Å². The van der Waals surface area contributed by atoms with E-state index in [4.69, 9.17) is 10.5 Å². The van der Waals surface area contributed by atoms with Crippen molar-refractivity contribution >= 4 is 44.5 Å². The molecule has 1 aromatic carbocycles. The van der Waals surface area contributed by atoms with Crippen LogP contribution in [-0.4, -0.2) is 74.8 Å². The van der Waals surface area contributed by atoms with E-state index in [0.29, 0.717) is 39.1 Å². The number of hydrogen-bond donors (Lipinski definition) is 2. The Morgan fingerprint density at radius 1 is 1.19 bits per heavy atom. The van der Waals surface area contributed by atoms with E-state index in [1.54, 1.807) is 17.7 Å². The maximum atomic E-state index is 12.3. The number of carbonyl (C=O) groups is 2. The first kappa shape index (κ1) is 23.9. The molecule has 11 nitrogen and oxygen atoms in total. The molecule has 3 aromatic heterocycles. The van der Waals surface area contributed by atoms with E-state index in [0.717, 1.165) is 33.2 Å². The third kappa shape index (κ3) is 4.80. The van der Waals surface area contributed by atoms with E-state index in [1.165, 1.54) is 4.88 Å². The van der Waals surface area contributed by atoms with E-state index in [-0.39, 0.29) is 18.2 Å². The zero-order chi connectivity index (χ0) is 25.4. The zero-order valence-electron chi connectivity index (χ0n) is 20.1. The number of benzene rings is 1. The molecule has 2 atom stereocenters. The summed E-state index contributed by atoms with van der Waals surface area (Å²) >= 11 is 1.69. The molecule has 2 unspecified atom stereocenters. The summed E-state index contributed by atoms with van der Waals surface area (Å²) < 4.78 is 12.0. The highest BCUT2D eigenvalue weighted by Crippen LogP contribution is 2.39. The van der Waals surface area contributed by atoms with Crippen molar-refractivity contribution in [3.63, 3.8) is 0 Å². The molecule has 1 amide bonds. The van der Waals surface area contributed by atoms with Crippen LogP contribution in [0, 0.1) is 5.92 Å². The second-order valence-electron chi connectivity index (χ2n) is 9.38. The summed E-state index contributed by atoms with van der Waals surface area (Å²) in [6.45, 7) is 3.44. The van der Waals surface area contributed by atoms with Gasteiger partial charge < -0.3 is 15.2 Å². The number of piperidine rings is 1. The number of nitrogens with two attached hydrogens (primary N) is 1. The summed E-state index contributed by atoms with van der Waals surface area (Å²) in [5.41, 5.74) is 8.08. The van der Waals surface area contributed by atoms with Crippen LogP contribution in [-0.2, 0) is 14.3 Å². The standard InChI is InChI=1S/C25H27N7O4S/c26-25(34)36-24(33)15-4-6-31(7-5-15)23(21-10-19-22(37-21)12-27-14-28-19)32-8-9-35-20(13-32)16-2-1-3-18-17(16)11-29-30-18/h1-3,10-12,14-15,20,23H,4-9,13H2,(H2,26,34)(H,29,30). The molecule has 2 saturated heterocycles. The number of aromatic nitrogens is 4. The molecule has 0 bridgehead atoms. The number of rotatable bonds is 5. The fraction of sp³-hybridized carbons (Fsp3) is 0.400. The minimum atomic E-state index is -1.05. The maximum absolute atomic E-state index is 12.3. The number of hydrogen-bond acceptors (Lipinski definition) is 10. The highest BCUT2D eigenvalue weighted by Gasteiger charge is 2.37. The van der Waals surface area contributed by atoms with Gasteiger partial charge in [0.2, 0.25) is 0 Å². The largest absolute Gasteiger partial charge is 0.412 e. The third-order valence-corrected chi connectivity index (χ3v) is 8.29. The lowest BCUT2D eigenvalue weighted by atomic mass is 9.96. The van der Waals surface area contributed by atoms with Gasteiger partial charge in [0.25, 0.3) is 0 Å². The van der Waals surface area contributed by atoms with E-state index < -0.39 is 12.1 Å². The van der Waals surface area contributed by atoms with E-state index in [1.807, 2.05) is 24.5 Å². The lowest BCUT2D eigenvalue weighted by Crippen LogP contribution is -2.50. The predicted molar refractivity (Wildman–Crippen MR) is 136 cm³/mol. The number of H-pyrrole nitrogens is 1. The second-order valence-corrected chi connectivity index (χ2v) is 10.5. The first-order valence-corrected chi connectivity index (χ1v) is 13.1. The van der Waals surface area contributed by atoms with E-state index in [9.17, 15) is 9.59 Å². The first-order valence-electron chi connectivity index (χ1n) is 12.3. The maximum Gasteiger partial charge on any atom is 0.412 e. The van der Waals surface area contributed by atoms with Gasteiger partial charge in [0.1, 0.15) is 6.33 Å². The number of nitrogens with one attached hydrogen (secondary N) is 1. The van der Waals surface area contributed by atoms with Crippen LogP contribution >= 0.6 is 11.3 Å². The van der Waals surface area contributed by atoms with Gasteiger partial charge in [-0.3, -0.25) is 19.7 Å². The fourth-order valence-electron chi connectivity index (χ4n) is 5.44. The normalized spacial score (nSPS) is 20.8. The van der Waals surface area contributed by atoms with Crippen molar-refractivity contribution < 1.29 is 19.1 Å². The Morgan fingerprint density at radius 3 is 2.86 bits per heavy atom. The highest BCUT2D eigenvalue weighted by atomic mass is 32.1. The van der Waals surface area contributed by atoms with E-state index >= 15 is 0 Å². The molecule has 37 heavy (non-hydrogen) atoms. The van der Waals surface area contributed by atoms with Gasteiger partial charge in [0.05, 0.1) is 46.7 Å². The van der Waals surface area contributed by atoms with Crippen molar-refractivity contribution in [3.05, 3.63) is 53.4 Å². The van der Waals surface area contributed by atoms with Crippen molar-refractivity contribution in [2.45, 2.75) is 25.1 Å². The molecule has 0 saturated carbocycles. The number of nitrogens with zero attached hydrogens (tertiary/aromatic N) is 5. The van der Waals surface area contributed by atoms with Gasteiger partial charge in [-0.25, -0.2) is 14.8 Å². The number of esters is 1. The number of carbonyl (C=O) groups excluding carboxylic acids is 2. The molecule has 2 fully saturated rings. The number of ether oxygens (including phenoxy) is 2. The number of amides is 1. The van der Waals surface area contributed by atoms with Gasteiger partial charge in [-0.2, -0.15) is 5.10 Å². The minimum absolute atomic E-state index is 0.0118. The van der Waals surface area contributed by atoms with Gasteiger partial charge in [-0.1, -0.05) is 12.1 Å². The lowest BCUT2D eigenvalue weighted by Gasteiger charge is -2.45. The highest BCUT2D eigenvalue weighted by molar-refractivity contribution is 7.19. The Kier molecular flexibility index (Phi) is 6.55. The van der Waals surface area contributed by atoms with Crippen molar-refractivity contribution in [1.29, 1.82) is 0 Å². The van der Waals surface area contributed by atoms with Crippen molar-refractivity contribution in [1.82, 2.24) is 30.0 Å². The van der Waals surface area contributed by atoms with Gasteiger partial charge in [0.15, 0.2) is 0 Å². The van der Waals surface area contributed by atoms with Gasteiger partial charge in [-0.05, 0) is 30.5 Å². The Labute approximate surface area is 216 Å². The molecule has 12 heteroatoms. The lowest BCUT2D eigenvalue weighted by molar-refractivity contribution is -0.144. The average molecular weight is 522 g/mol. The summed E-state index contributed by atoms with van der Waals surface area (Å²) in [5.74, 6) is -0.880. The Bertz CT molecular complexity index is 1400. The van der Waals surface area contributed by atoms with Crippen LogP contribution in [0.25, 0.3) is 21.1 Å². The van der Waals surface area contributed by atoms with Crippen LogP contribution < -0.4 is 5.73 Å². The molecule has 5 heterocycles. The van der Waals surface area contributed by atoms with E-state index in [2.05, 4.69) is 46.8 Å². The monoisotopic (exact) mass is 521 g/mol. The molecule has 6 rings (SSSR count). The molecule has 2 aliphatic rings. The van der Waals surface area contributed by atoms with Crippen molar-refractivity contribution in [2.24, 2.45) is 11.7 Å². The minimum Gasteiger partial charge on any atom is -0.376 e. The van der Waals surface area contributed by atoms with Crippen LogP contribution in [0.15, 0.2) is 43.0 Å². The third-order valence-electron chi connectivity index (χ3n) is 7.19. The van der Waals surface area contributed by atoms with Gasteiger partial charge in [0, 0.05) is 42.6 Å². The first-order chi connectivity index (χ1) is 18.1. The average Bonchev–Trinajstić information content (AvgIpc) is 3.56. The zero-order valence-corrected chi connectivity index (χ0v) is 20.9. The van der Waals surface area contributed by atoms with Gasteiger partial charge in [-0.15, -0.1) is 11.3 Å². The molecule has 0 radical (unpaired) electrons. The molecule has 2 aliphatic heterocycles. The number of primary amides is 1. The number of aromatic amines is 1. The summed E-state index contributed by atoms with van der Waals surface area (Å²) in [6, 6.07) is 8.28. The van der Waals surface area contributed by atoms with Gasteiger partial charge >= 0.3 is 12.1 Å². The topological polar surface area (TPSA) is 140 Å². The smallest absolute Gasteiger partial charge is 0.376 e. The number of likely N-dealkylation sites (tertiary alicyclic amines) is 1. The molecule has 0 spiro atoms. The fourth-order valence-corrected chi connectivity index (χ4v) is 6.59. The quantitative estimate of drug-likeness (QED) is 0.300. The Morgan fingerprint density at radius 2 is 2.05 bits per heavy atom. The summed E-state index contributed by atoms with van der Waals surface area (Å²) in [5, 5.41) is 8.33. The predicted octanol–water partition coefficient (Wildman–Crippen LogP) is 2.97. The Hall–Kier alpha value is -3.45. The van der Waals surface area contributed by atoms with Crippen LogP contribution in [0.2, 0.25) is 0 Å². The molecular formula is C25H27N7O4S. The number of fused-ring (bicyclic) bond motifs is 2. The molecule has 0 aliphatic carbocycles. The molecule has 4 aromatic rings. The number of thiophene rings is 1. The van der Waals surface area contributed by atoms with Crippen LogP contribution in [0.4, 0.5) is 4.79 Å². The molecule has 3 N–H and O–H groups in total. The van der Waals surface area contributed by atoms with Crippen LogP contribution in [0.5, 0.6) is 0 Å². The molecular weight excluding hydrogens is 494 g/mol. The summed E-state index contributed by atoms with van der Waals surface area (Å²) in [4.78, 5) is 38.0. The van der Waals surface area contributed by atoms with Crippen molar-refractivity contribution in [3.8, 4) is 0 Å². The summed E-state index contributed by atoms with van der Waals surface area (Å²) in [6.07, 6.45) is 5.29.